The van der Waals surface area contributed by atoms with Gasteiger partial charge in [-0.3, -0.25) is 4.79 Å². The van der Waals surface area contributed by atoms with Crippen molar-refractivity contribution < 1.29 is 14.6 Å². The van der Waals surface area contributed by atoms with Crippen LogP contribution in [0.1, 0.15) is 13.3 Å². The van der Waals surface area contributed by atoms with Gasteiger partial charge in [0.15, 0.2) is 0 Å². The van der Waals surface area contributed by atoms with Crippen molar-refractivity contribution in [2.24, 2.45) is 0 Å². The maximum absolute atomic E-state index is 10.0. The van der Waals surface area contributed by atoms with Gasteiger partial charge in [-0.2, -0.15) is 0 Å². The summed E-state index contributed by atoms with van der Waals surface area (Å²) in [6, 6.07) is 0. The van der Waals surface area contributed by atoms with E-state index in [1.54, 1.807) is 0 Å². The highest BCUT2D eigenvalue weighted by Gasteiger charge is 2.00. The second kappa shape index (κ2) is 6.42. The van der Waals surface area contributed by atoms with E-state index in [0.29, 0.717) is 16.7 Å². The van der Waals surface area contributed by atoms with E-state index < -0.39 is 5.97 Å². The summed E-state index contributed by atoms with van der Waals surface area (Å²) >= 11 is 6.01. The lowest BCUT2D eigenvalue weighted by molar-refractivity contribution is -0.136. The highest BCUT2D eigenvalue weighted by molar-refractivity contribution is 8.22. The van der Waals surface area contributed by atoms with Crippen molar-refractivity contribution in [1.82, 2.24) is 0 Å². The number of carboxylic acids is 1. The van der Waals surface area contributed by atoms with Gasteiger partial charge >= 0.3 is 5.97 Å². The summed E-state index contributed by atoms with van der Waals surface area (Å²) in [5.41, 5.74) is 0. The number of thioether (sulfide) groups is 1. The van der Waals surface area contributed by atoms with Gasteiger partial charge in [-0.05, 0) is 19.1 Å². The number of hydrogen-bond acceptors (Lipinski definition) is 4. The number of rotatable bonds is 4. The third-order valence-corrected chi connectivity index (χ3v) is 2.03. The molecular weight excluding hydrogens is 184 g/mol. The fourth-order valence-corrected chi connectivity index (χ4v) is 1.39. The van der Waals surface area contributed by atoms with Crippen molar-refractivity contribution in [2.75, 3.05) is 12.4 Å². The highest BCUT2D eigenvalue weighted by Crippen LogP contribution is 2.06. The predicted molar refractivity (Wildman–Crippen MR) is 48.9 cm³/mol. The monoisotopic (exact) mass is 194 g/mol. The Morgan fingerprint density at radius 2 is 2.36 bits per heavy atom. The first kappa shape index (κ1) is 10.7. The van der Waals surface area contributed by atoms with Gasteiger partial charge in [0.25, 0.3) is 0 Å². The molecule has 0 aromatic heterocycles. The van der Waals surface area contributed by atoms with Crippen LogP contribution >= 0.6 is 24.0 Å². The van der Waals surface area contributed by atoms with Crippen molar-refractivity contribution >= 4 is 34.3 Å². The molecule has 0 saturated carbocycles. The first-order valence-corrected chi connectivity index (χ1v) is 4.57. The maximum Gasteiger partial charge on any atom is 0.304 e. The molecule has 0 aromatic carbocycles. The molecule has 0 rings (SSSR count). The molecule has 0 radical (unpaired) electrons. The molecule has 0 atom stereocenters. The molecule has 11 heavy (non-hydrogen) atoms. The van der Waals surface area contributed by atoms with Crippen LogP contribution in [-0.2, 0) is 9.53 Å². The smallest absolute Gasteiger partial charge is 0.304 e. The van der Waals surface area contributed by atoms with Crippen LogP contribution < -0.4 is 0 Å². The quantitative estimate of drug-likeness (QED) is 0.687. The molecule has 1 N–H and O–H groups in total. The van der Waals surface area contributed by atoms with Gasteiger partial charge in [0.05, 0.1) is 13.0 Å². The lowest BCUT2D eigenvalue weighted by atomic mass is 10.5. The number of carboxylic acid groups (broad SMARTS) is 1. The Kier molecular flexibility index (Phi) is 6.25. The largest absolute Gasteiger partial charge is 0.481 e. The van der Waals surface area contributed by atoms with Gasteiger partial charge < -0.3 is 9.84 Å². The fraction of sp³-hybridized carbons (Fsp3) is 0.667. The molecule has 0 amide bonds. The van der Waals surface area contributed by atoms with E-state index in [-0.39, 0.29) is 6.42 Å². The van der Waals surface area contributed by atoms with Gasteiger partial charge in [0.2, 0.25) is 4.38 Å². The van der Waals surface area contributed by atoms with Crippen molar-refractivity contribution in [2.45, 2.75) is 13.3 Å². The van der Waals surface area contributed by atoms with Crippen molar-refractivity contribution in [3.8, 4) is 0 Å². The SMILES string of the molecule is CCOC(=S)SCCC(=O)O. The van der Waals surface area contributed by atoms with Crippen LogP contribution in [0.15, 0.2) is 0 Å². The summed E-state index contributed by atoms with van der Waals surface area (Å²) in [6.07, 6.45) is 0.123. The zero-order valence-electron chi connectivity index (χ0n) is 6.20. The predicted octanol–water partition coefficient (Wildman–Crippen LogP) is 1.52. The molecule has 0 saturated heterocycles. The van der Waals surface area contributed by atoms with Crippen LogP contribution in [0.5, 0.6) is 0 Å². The summed E-state index contributed by atoms with van der Waals surface area (Å²) < 4.78 is 5.35. The molecule has 0 heterocycles. The summed E-state index contributed by atoms with van der Waals surface area (Å²) in [6.45, 7) is 2.38. The number of ether oxygens (including phenoxy) is 1. The average Bonchev–Trinajstić information content (AvgIpc) is 1.87. The molecule has 3 nitrogen and oxygen atoms in total. The second-order valence-electron chi connectivity index (χ2n) is 1.68. The van der Waals surface area contributed by atoms with E-state index in [9.17, 15) is 4.79 Å². The van der Waals surface area contributed by atoms with Crippen molar-refractivity contribution in [3.05, 3.63) is 0 Å². The third-order valence-electron chi connectivity index (χ3n) is 0.798. The minimum Gasteiger partial charge on any atom is -0.481 e. The summed E-state index contributed by atoms with van der Waals surface area (Å²) in [7, 11) is 0. The molecule has 0 aliphatic carbocycles. The Labute approximate surface area is 75.1 Å². The maximum atomic E-state index is 10.0. The Hall–Kier alpha value is -0.290. The fourth-order valence-electron chi connectivity index (χ4n) is 0.381. The first-order valence-electron chi connectivity index (χ1n) is 3.18. The summed E-state index contributed by atoms with van der Waals surface area (Å²) in [4.78, 5) is 10.0. The second-order valence-corrected chi connectivity index (χ2v) is 3.37. The topological polar surface area (TPSA) is 46.5 Å². The van der Waals surface area contributed by atoms with E-state index in [1.165, 1.54) is 11.8 Å². The molecule has 0 aromatic rings. The third kappa shape index (κ3) is 7.61. The standard InChI is InChI=1S/C6H10O3S2/c1-2-9-6(10)11-4-3-5(7)8/h2-4H2,1H3,(H,7,8). The Morgan fingerprint density at radius 3 is 2.82 bits per heavy atom. The van der Waals surface area contributed by atoms with Gasteiger partial charge in [0, 0.05) is 5.75 Å². The zero-order valence-corrected chi connectivity index (χ0v) is 7.83. The molecule has 0 unspecified atom stereocenters. The lowest BCUT2D eigenvalue weighted by Gasteiger charge is -2.01. The Bertz CT molecular complexity index is 147. The van der Waals surface area contributed by atoms with Crippen LogP contribution in [0, 0.1) is 0 Å². The molecule has 0 spiro atoms. The number of hydrogen-bond donors (Lipinski definition) is 1. The summed E-state index contributed by atoms with van der Waals surface area (Å²) in [5, 5.41) is 8.26. The Morgan fingerprint density at radius 1 is 1.73 bits per heavy atom. The molecule has 64 valence electrons. The lowest BCUT2D eigenvalue weighted by Crippen LogP contribution is -2.01. The van der Waals surface area contributed by atoms with E-state index in [0.717, 1.165) is 0 Å². The molecule has 0 aliphatic rings. The molecule has 0 aliphatic heterocycles. The molecular formula is C6H10O3S2. The van der Waals surface area contributed by atoms with Crippen molar-refractivity contribution in [1.29, 1.82) is 0 Å². The van der Waals surface area contributed by atoms with Crippen LogP contribution in [-0.4, -0.2) is 27.8 Å². The van der Waals surface area contributed by atoms with E-state index in [1.807, 2.05) is 6.92 Å². The minimum atomic E-state index is -0.809. The number of thiocarbonyl (C=S) groups is 1. The number of aliphatic carboxylic acids is 1. The van der Waals surface area contributed by atoms with E-state index in [4.69, 9.17) is 22.1 Å². The average molecular weight is 194 g/mol. The minimum absolute atomic E-state index is 0.123. The number of carbonyl (C=O) groups is 1. The molecule has 5 heteroatoms. The van der Waals surface area contributed by atoms with Gasteiger partial charge in [-0.15, -0.1) is 0 Å². The highest BCUT2D eigenvalue weighted by atomic mass is 32.2. The Balaban J connectivity index is 3.24. The van der Waals surface area contributed by atoms with Gasteiger partial charge in [0.1, 0.15) is 0 Å². The van der Waals surface area contributed by atoms with E-state index in [2.05, 4.69) is 0 Å². The van der Waals surface area contributed by atoms with Crippen molar-refractivity contribution in [3.63, 3.8) is 0 Å². The molecule has 0 fully saturated rings. The van der Waals surface area contributed by atoms with E-state index >= 15 is 0 Å². The van der Waals surface area contributed by atoms with Crippen LogP contribution in [0.4, 0.5) is 0 Å². The van der Waals surface area contributed by atoms with Crippen LogP contribution in [0.2, 0.25) is 0 Å². The summed E-state index contributed by atoms with van der Waals surface area (Å²) in [5.74, 6) is -0.328. The van der Waals surface area contributed by atoms with Crippen LogP contribution in [0.25, 0.3) is 0 Å². The van der Waals surface area contributed by atoms with Gasteiger partial charge in [-0.25, -0.2) is 0 Å². The normalized spacial score (nSPS) is 9.18. The molecule has 0 bridgehead atoms. The van der Waals surface area contributed by atoms with Gasteiger partial charge in [-0.1, -0.05) is 11.8 Å². The zero-order chi connectivity index (χ0) is 8.69. The first-order chi connectivity index (χ1) is 5.16. The van der Waals surface area contributed by atoms with Crippen LogP contribution in [0.3, 0.4) is 0 Å².